The van der Waals surface area contributed by atoms with Crippen LogP contribution in [0.4, 0.5) is 0 Å². The molecule has 2 heterocycles. The number of rotatable bonds is 4. The lowest BCUT2D eigenvalue weighted by Gasteiger charge is -2.01. The highest BCUT2D eigenvalue weighted by Gasteiger charge is 2.12. The van der Waals surface area contributed by atoms with E-state index in [-0.39, 0.29) is 5.91 Å². The van der Waals surface area contributed by atoms with Crippen molar-refractivity contribution < 1.29 is 4.79 Å². The molecule has 0 unspecified atom stereocenters. The van der Waals surface area contributed by atoms with E-state index in [2.05, 4.69) is 15.5 Å². The molecule has 96 valence electrons. The first kappa shape index (κ1) is 12.3. The van der Waals surface area contributed by atoms with Crippen LogP contribution >= 0.6 is 0 Å². The number of hydrogen-bond acceptors (Lipinski definition) is 3. The Morgan fingerprint density at radius 1 is 1.44 bits per heavy atom. The number of amides is 1. The molecule has 0 radical (unpaired) electrons. The number of nitrogens with zero attached hydrogens (tertiary/aromatic N) is 4. The van der Waals surface area contributed by atoms with Gasteiger partial charge in [0, 0.05) is 38.1 Å². The van der Waals surface area contributed by atoms with Gasteiger partial charge < -0.3 is 5.32 Å². The Morgan fingerprint density at radius 3 is 2.78 bits per heavy atom. The van der Waals surface area contributed by atoms with Crippen LogP contribution in [-0.4, -0.2) is 25.5 Å². The predicted octanol–water partition coefficient (Wildman–Crippen LogP) is 0.875. The standard InChI is InChI=1S/C12H17N5O/c1-4-17-7-10(6-14-17)5-13-12(18)11-8-16(3)15-9(11)2/h6-8H,4-5H2,1-3H3,(H,13,18). The van der Waals surface area contributed by atoms with Crippen molar-refractivity contribution in [2.45, 2.75) is 26.9 Å². The minimum Gasteiger partial charge on any atom is -0.348 e. The second kappa shape index (κ2) is 5.03. The molecule has 1 amide bonds. The molecule has 0 bridgehead atoms. The molecule has 0 aliphatic heterocycles. The third-order valence-electron chi connectivity index (χ3n) is 2.72. The molecule has 2 rings (SSSR count). The van der Waals surface area contributed by atoms with Gasteiger partial charge >= 0.3 is 0 Å². The summed E-state index contributed by atoms with van der Waals surface area (Å²) < 4.78 is 3.47. The molecular weight excluding hydrogens is 230 g/mol. The highest BCUT2D eigenvalue weighted by molar-refractivity contribution is 5.94. The maximum atomic E-state index is 11.9. The van der Waals surface area contributed by atoms with E-state index < -0.39 is 0 Å². The van der Waals surface area contributed by atoms with E-state index in [0.717, 1.165) is 17.8 Å². The van der Waals surface area contributed by atoms with Gasteiger partial charge in [-0.25, -0.2) is 0 Å². The topological polar surface area (TPSA) is 64.7 Å². The molecule has 1 N–H and O–H groups in total. The van der Waals surface area contributed by atoms with Crippen LogP contribution in [0.3, 0.4) is 0 Å². The Labute approximate surface area is 106 Å². The van der Waals surface area contributed by atoms with Gasteiger partial charge in [-0.15, -0.1) is 0 Å². The summed E-state index contributed by atoms with van der Waals surface area (Å²) in [6.07, 6.45) is 5.41. The fourth-order valence-electron chi connectivity index (χ4n) is 1.77. The molecule has 0 aliphatic carbocycles. The summed E-state index contributed by atoms with van der Waals surface area (Å²) in [4.78, 5) is 11.9. The summed E-state index contributed by atoms with van der Waals surface area (Å²) >= 11 is 0. The van der Waals surface area contributed by atoms with Gasteiger partial charge in [-0.05, 0) is 13.8 Å². The quantitative estimate of drug-likeness (QED) is 0.872. The number of aromatic nitrogens is 4. The Morgan fingerprint density at radius 2 is 2.22 bits per heavy atom. The maximum absolute atomic E-state index is 11.9. The van der Waals surface area contributed by atoms with Crippen molar-refractivity contribution >= 4 is 5.91 Å². The molecule has 2 aromatic heterocycles. The van der Waals surface area contributed by atoms with Crippen LogP contribution in [0.15, 0.2) is 18.6 Å². The molecular formula is C12H17N5O. The van der Waals surface area contributed by atoms with Gasteiger partial charge in [-0.1, -0.05) is 0 Å². The van der Waals surface area contributed by atoms with Gasteiger partial charge in [0.1, 0.15) is 0 Å². The van der Waals surface area contributed by atoms with Crippen molar-refractivity contribution in [3.8, 4) is 0 Å². The summed E-state index contributed by atoms with van der Waals surface area (Å²) in [5.74, 6) is -0.107. The molecule has 0 fully saturated rings. The van der Waals surface area contributed by atoms with Gasteiger partial charge in [-0.2, -0.15) is 10.2 Å². The SMILES string of the molecule is CCn1cc(CNC(=O)c2cn(C)nc2C)cn1. The van der Waals surface area contributed by atoms with Crippen molar-refractivity contribution in [1.82, 2.24) is 24.9 Å². The number of nitrogens with one attached hydrogen (secondary N) is 1. The summed E-state index contributed by atoms with van der Waals surface area (Å²) in [7, 11) is 1.80. The van der Waals surface area contributed by atoms with Crippen LogP contribution in [0.2, 0.25) is 0 Å². The lowest BCUT2D eigenvalue weighted by molar-refractivity contribution is 0.0950. The normalized spacial score (nSPS) is 10.6. The molecule has 0 saturated carbocycles. The van der Waals surface area contributed by atoms with Gasteiger partial charge in [0.2, 0.25) is 0 Å². The van der Waals surface area contributed by atoms with E-state index in [1.54, 1.807) is 24.1 Å². The third kappa shape index (κ3) is 2.58. The average molecular weight is 247 g/mol. The largest absolute Gasteiger partial charge is 0.348 e. The zero-order valence-electron chi connectivity index (χ0n) is 10.8. The van der Waals surface area contributed by atoms with Gasteiger partial charge in [-0.3, -0.25) is 14.2 Å². The molecule has 6 nitrogen and oxygen atoms in total. The Kier molecular flexibility index (Phi) is 3.45. The lowest BCUT2D eigenvalue weighted by Crippen LogP contribution is -2.22. The minimum absolute atomic E-state index is 0.107. The van der Waals surface area contributed by atoms with E-state index in [0.29, 0.717) is 12.1 Å². The van der Waals surface area contributed by atoms with E-state index in [1.165, 1.54) is 0 Å². The van der Waals surface area contributed by atoms with Crippen LogP contribution < -0.4 is 5.32 Å². The van der Waals surface area contributed by atoms with Gasteiger partial charge in [0.25, 0.3) is 5.91 Å². The predicted molar refractivity (Wildman–Crippen MR) is 67.0 cm³/mol. The highest BCUT2D eigenvalue weighted by atomic mass is 16.1. The van der Waals surface area contributed by atoms with Crippen molar-refractivity contribution in [3.63, 3.8) is 0 Å². The molecule has 2 aromatic rings. The molecule has 18 heavy (non-hydrogen) atoms. The molecule has 0 spiro atoms. The Bertz CT molecular complexity index is 555. The summed E-state index contributed by atoms with van der Waals surface area (Å²) in [5, 5.41) is 11.2. The van der Waals surface area contributed by atoms with Crippen LogP contribution in [0.5, 0.6) is 0 Å². The van der Waals surface area contributed by atoms with Crippen molar-refractivity contribution in [2.75, 3.05) is 0 Å². The molecule has 0 saturated heterocycles. The van der Waals surface area contributed by atoms with Gasteiger partial charge in [0.05, 0.1) is 17.5 Å². The van der Waals surface area contributed by atoms with Gasteiger partial charge in [0.15, 0.2) is 0 Å². The number of aryl methyl sites for hydroxylation is 3. The summed E-state index contributed by atoms with van der Waals surface area (Å²) in [5.41, 5.74) is 2.34. The zero-order chi connectivity index (χ0) is 13.1. The third-order valence-corrected chi connectivity index (χ3v) is 2.72. The first-order valence-corrected chi connectivity index (χ1v) is 5.90. The molecule has 0 atom stereocenters. The van der Waals surface area contributed by atoms with Crippen molar-refractivity contribution in [2.24, 2.45) is 7.05 Å². The summed E-state index contributed by atoms with van der Waals surface area (Å²) in [6, 6.07) is 0. The fourth-order valence-corrected chi connectivity index (χ4v) is 1.77. The second-order valence-corrected chi connectivity index (χ2v) is 4.19. The van der Waals surface area contributed by atoms with Crippen LogP contribution in [0.25, 0.3) is 0 Å². The van der Waals surface area contributed by atoms with E-state index in [4.69, 9.17) is 0 Å². The minimum atomic E-state index is -0.107. The summed E-state index contributed by atoms with van der Waals surface area (Å²) in [6.45, 7) is 5.15. The number of carbonyl (C=O) groups is 1. The smallest absolute Gasteiger partial charge is 0.255 e. The van der Waals surface area contributed by atoms with Crippen molar-refractivity contribution in [1.29, 1.82) is 0 Å². The lowest BCUT2D eigenvalue weighted by atomic mass is 10.2. The van der Waals surface area contributed by atoms with E-state index in [1.807, 2.05) is 24.7 Å². The second-order valence-electron chi connectivity index (χ2n) is 4.19. The Balaban J connectivity index is 1.98. The average Bonchev–Trinajstić information content (AvgIpc) is 2.92. The monoisotopic (exact) mass is 247 g/mol. The highest BCUT2D eigenvalue weighted by Crippen LogP contribution is 2.05. The van der Waals surface area contributed by atoms with Crippen molar-refractivity contribution in [3.05, 3.63) is 35.4 Å². The Hall–Kier alpha value is -2.11. The maximum Gasteiger partial charge on any atom is 0.255 e. The fraction of sp³-hybridized carbons (Fsp3) is 0.417. The van der Waals surface area contributed by atoms with E-state index in [9.17, 15) is 4.79 Å². The van der Waals surface area contributed by atoms with E-state index >= 15 is 0 Å². The van der Waals surface area contributed by atoms with Crippen LogP contribution in [-0.2, 0) is 20.1 Å². The number of hydrogen-bond donors (Lipinski definition) is 1. The zero-order valence-corrected chi connectivity index (χ0v) is 10.8. The molecule has 6 heteroatoms. The first-order chi connectivity index (χ1) is 8.60. The first-order valence-electron chi connectivity index (χ1n) is 5.90. The van der Waals surface area contributed by atoms with Crippen LogP contribution in [0, 0.1) is 6.92 Å². The van der Waals surface area contributed by atoms with Crippen LogP contribution in [0.1, 0.15) is 28.5 Å². The molecule has 0 aliphatic rings. The molecule has 0 aromatic carbocycles. The number of carbonyl (C=O) groups excluding carboxylic acids is 1.